The van der Waals surface area contributed by atoms with Crippen molar-refractivity contribution >= 4 is 28.4 Å². The number of likely N-dealkylation sites (tertiary alicyclic amines) is 1. The third kappa shape index (κ3) is 4.06. The van der Waals surface area contributed by atoms with E-state index in [9.17, 15) is 14.4 Å². The number of anilines is 1. The van der Waals surface area contributed by atoms with Crippen LogP contribution in [0, 0.1) is 0 Å². The zero-order valence-electron chi connectivity index (χ0n) is 19.5. The van der Waals surface area contributed by atoms with Gasteiger partial charge >= 0.3 is 0 Å². The maximum Gasteiger partial charge on any atom is 0.274 e. The van der Waals surface area contributed by atoms with Crippen molar-refractivity contribution in [2.24, 2.45) is 7.05 Å². The van der Waals surface area contributed by atoms with Crippen LogP contribution in [0.1, 0.15) is 54.9 Å². The van der Waals surface area contributed by atoms with Crippen LogP contribution in [0.4, 0.5) is 5.69 Å². The summed E-state index contributed by atoms with van der Waals surface area (Å²) in [7, 11) is 3.15. The minimum atomic E-state index is -0.411. The monoisotopic (exact) mass is 463 g/mol. The summed E-state index contributed by atoms with van der Waals surface area (Å²) >= 11 is 0. The summed E-state index contributed by atoms with van der Waals surface area (Å²) in [5.41, 5.74) is 1.02. The van der Waals surface area contributed by atoms with Gasteiger partial charge in [0.1, 0.15) is 11.4 Å². The van der Waals surface area contributed by atoms with Crippen LogP contribution in [0.5, 0.6) is 5.75 Å². The number of ether oxygens (including phenoxy) is 1. The maximum absolute atomic E-state index is 13.0. The Morgan fingerprint density at radius 2 is 1.91 bits per heavy atom. The number of carbonyl (C=O) groups excluding carboxylic acids is 2. The average molecular weight is 464 g/mol. The summed E-state index contributed by atoms with van der Waals surface area (Å²) in [6, 6.07) is 7.41. The lowest BCUT2D eigenvalue weighted by molar-refractivity contribution is -0.130. The van der Waals surface area contributed by atoms with Crippen molar-refractivity contribution in [2.45, 2.75) is 50.6 Å². The number of hydrogen-bond acceptors (Lipinski definition) is 5. The predicted molar refractivity (Wildman–Crippen MR) is 128 cm³/mol. The van der Waals surface area contributed by atoms with Crippen LogP contribution in [0.15, 0.2) is 41.5 Å². The van der Waals surface area contributed by atoms with Gasteiger partial charge in [0.05, 0.1) is 24.2 Å². The van der Waals surface area contributed by atoms with Gasteiger partial charge in [-0.15, -0.1) is 0 Å². The number of nitrogens with one attached hydrogen (secondary N) is 1. The number of hydrogen-bond donors (Lipinski definition) is 1. The van der Waals surface area contributed by atoms with Crippen molar-refractivity contribution in [2.75, 3.05) is 19.0 Å². The SMILES string of the molecule is COc1cc2nn(C3CCC(N4CCCC4=O)CC3)cc2cc1C(=O)Nc1cccn(C)c1=O. The molecule has 5 rings (SSSR count). The van der Waals surface area contributed by atoms with E-state index in [-0.39, 0.29) is 17.3 Å². The molecule has 2 amide bonds. The van der Waals surface area contributed by atoms with E-state index in [0.717, 1.165) is 49.6 Å². The van der Waals surface area contributed by atoms with Gasteiger partial charge in [0, 0.05) is 49.9 Å². The Morgan fingerprint density at radius 1 is 1.15 bits per heavy atom. The van der Waals surface area contributed by atoms with Crippen LogP contribution in [0.25, 0.3) is 10.9 Å². The lowest BCUT2D eigenvalue weighted by Gasteiger charge is -2.34. The molecule has 34 heavy (non-hydrogen) atoms. The molecule has 9 heteroatoms. The second kappa shape index (κ2) is 8.96. The van der Waals surface area contributed by atoms with E-state index in [2.05, 4.69) is 10.2 Å². The minimum Gasteiger partial charge on any atom is -0.496 e. The number of benzene rings is 1. The number of aryl methyl sites for hydroxylation is 1. The van der Waals surface area contributed by atoms with Crippen molar-refractivity contribution in [3.8, 4) is 5.75 Å². The Kier molecular flexibility index (Phi) is 5.85. The fourth-order valence-electron chi connectivity index (χ4n) is 5.18. The number of rotatable bonds is 5. The highest BCUT2D eigenvalue weighted by molar-refractivity contribution is 6.08. The highest BCUT2D eigenvalue weighted by Gasteiger charge is 2.32. The largest absolute Gasteiger partial charge is 0.496 e. The van der Waals surface area contributed by atoms with Crippen molar-refractivity contribution < 1.29 is 14.3 Å². The zero-order chi connectivity index (χ0) is 23.8. The summed E-state index contributed by atoms with van der Waals surface area (Å²) in [5, 5.41) is 8.30. The molecule has 3 heterocycles. The van der Waals surface area contributed by atoms with E-state index in [0.29, 0.717) is 29.7 Å². The molecule has 1 saturated carbocycles. The molecule has 0 radical (unpaired) electrons. The molecule has 2 fully saturated rings. The van der Waals surface area contributed by atoms with Crippen molar-refractivity contribution in [3.05, 3.63) is 52.6 Å². The second-order valence-electron chi connectivity index (χ2n) is 9.17. The van der Waals surface area contributed by atoms with E-state index in [1.807, 2.05) is 10.9 Å². The number of methoxy groups -OCH3 is 1. The molecule has 9 nitrogen and oxygen atoms in total. The maximum atomic E-state index is 13.0. The van der Waals surface area contributed by atoms with Gasteiger partial charge in [0.15, 0.2) is 0 Å². The number of pyridine rings is 1. The molecule has 0 spiro atoms. The highest BCUT2D eigenvalue weighted by atomic mass is 16.5. The van der Waals surface area contributed by atoms with Gasteiger partial charge in [0.25, 0.3) is 11.5 Å². The summed E-state index contributed by atoms with van der Waals surface area (Å²) in [6.07, 6.45) is 9.15. The Morgan fingerprint density at radius 3 is 2.62 bits per heavy atom. The van der Waals surface area contributed by atoms with E-state index in [4.69, 9.17) is 9.84 Å². The van der Waals surface area contributed by atoms with E-state index in [1.165, 1.54) is 11.7 Å². The molecule has 1 aliphatic heterocycles. The standard InChI is InChI=1S/C25H29N5O4/c1-28-11-3-5-20(25(28)33)26-24(32)19-13-16-15-30(27-21(16)14-22(19)34-2)18-9-7-17(8-10-18)29-12-4-6-23(29)31/h3,5,11,13-15,17-18H,4,6-10,12H2,1-2H3,(H,26,32). The van der Waals surface area contributed by atoms with Crippen LogP contribution >= 0.6 is 0 Å². The van der Waals surface area contributed by atoms with Crippen LogP contribution in [0.2, 0.25) is 0 Å². The molecule has 1 N–H and O–H groups in total. The quantitative estimate of drug-likeness (QED) is 0.627. The first-order valence-electron chi connectivity index (χ1n) is 11.8. The average Bonchev–Trinajstić information content (AvgIpc) is 3.46. The lowest BCUT2D eigenvalue weighted by atomic mass is 9.90. The molecule has 0 atom stereocenters. The van der Waals surface area contributed by atoms with E-state index < -0.39 is 5.91 Å². The van der Waals surface area contributed by atoms with Crippen LogP contribution in [-0.2, 0) is 11.8 Å². The van der Waals surface area contributed by atoms with Gasteiger partial charge in [-0.3, -0.25) is 19.1 Å². The third-order valence-corrected chi connectivity index (χ3v) is 7.05. The molecule has 3 aromatic rings. The molecule has 2 aromatic heterocycles. The number of aromatic nitrogens is 3. The Balaban J connectivity index is 1.35. The molecular formula is C25H29N5O4. The molecule has 0 unspecified atom stereocenters. The number of fused-ring (bicyclic) bond motifs is 1. The van der Waals surface area contributed by atoms with Gasteiger partial charge < -0.3 is 19.5 Å². The van der Waals surface area contributed by atoms with Crippen molar-refractivity contribution in [3.63, 3.8) is 0 Å². The van der Waals surface area contributed by atoms with Crippen molar-refractivity contribution in [1.29, 1.82) is 0 Å². The van der Waals surface area contributed by atoms with Gasteiger partial charge in [-0.2, -0.15) is 5.10 Å². The minimum absolute atomic E-state index is 0.209. The van der Waals surface area contributed by atoms with Crippen molar-refractivity contribution in [1.82, 2.24) is 19.2 Å². The Hall–Kier alpha value is -3.62. The first-order valence-corrected chi connectivity index (χ1v) is 11.8. The smallest absolute Gasteiger partial charge is 0.274 e. The molecule has 0 bridgehead atoms. The molecule has 1 aliphatic carbocycles. The van der Waals surface area contributed by atoms with Gasteiger partial charge in [0.2, 0.25) is 5.91 Å². The Bertz CT molecular complexity index is 1300. The third-order valence-electron chi connectivity index (χ3n) is 7.05. The predicted octanol–water partition coefficient (Wildman–Crippen LogP) is 3.10. The molecule has 178 valence electrons. The van der Waals surface area contributed by atoms with E-state index >= 15 is 0 Å². The zero-order valence-corrected chi connectivity index (χ0v) is 19.5. The normalized spacial score (nSPS) is 20.6. The van der Waals surface area contributed by atoms with Gasteiger partial charge in [-0.05, 0) is 50.3 Å². The lowest BCUT2D eigenvalue weighted by Crippen LogP contribution is -2.39. The van der Waals surface area contributed by atoms with Crippen LogP contribution in [0.3, 0.4) is 0 Å². The molecule has 2 aliphatic rings. The number of carbonyl (C=O) groups is 2. The highest BCUT2D eigenvalue weighted by Crippen LogP contribution is 2.34. The topological polar surface area (TPSA) is 98.5 Å². The van der Waals surface area contributed by atoms with Crippen LogP contribution < -0.4 is 15.6 Å². The first kappa shape index (κ1) is 22.2. The molecule has 1 saturated heterocycles. The number of nitrogens with zero attached hydrogens (tertiary/aromatic N) is 4. The first-order chi connectivity index (χ1) is 16.4. The van der Waals surface area contributed by atoms with Gasteiger partial charge in [-0.25, -0.2) is 0 Å². The fraction of sp³-hybridized carbons (Fsp3) is 0.440. The van der Waals surface area contributed by atoms with Gasteiger partial charge in [-0.1, -0.05) is 0 Å². The fourth-order valence-corrected chi connectivity index (χ4v) is 5.18. The second-order valence-corrected chi connectivity index (χ2v) is 9.17. The summed E-state index contributed by atoms with van der Waals surface area (Å²) in [4.78, 5) is 39.4. The molecule has 1 aromatic carbocycles. The molecular weight excluding hydrogens is 434 g/mol. The summed E-state index contributed by atoms with van der Waals surface area (Å²) in [6.45, 7) is 0.888. The number of amides is 2. The van der Waals surface area contributed by atoms with E-state index in [1.54, 1.807) is 37.5 Å². The van der Waals surface area contributed by atoms with Crippen LogP contribution in [-0.4, -0.2) is 50.8 Å². The Labute approximate surface area is 197 Å². The summed E-state index contributed by atoms with van der Waals surface area (Å²) in [5.74, 6) is 0.282. The summed E-state index contributed by atoms with van der Waals surface area (Å²) < 4.78 is 8.87.